The number of anilines is 1. The van der Waals surface area contributed by atoms with Gasteiger partial charge in [0.05, 0.1) is 5.56 Å². The molecule has 1 heterocycles. The molecular weight excluding hydrogens is 246 g/mol. The van der Waals surface area contributed by atoms with Gasteiger partial charge in [-0.1, -0.05) is 0 Å². The minimum atomic E-state index is -0.969. The van der Waals surface area contributed by atoms with Gasteiger partial charge >= 0.3 is 12.0 Å². The van der Waals surface area contributed by atoms with E-state index in [-0.39, 0.29) is 11.6 Å². The second kappa shape index (κ2) is 5.71. The van der Waals surface area contributed by atoms with E-state index >= 15 is 0 Å². The van der Waals surface area contributed by atoms with Crippen LogP contribution in [0.4, 0.5) is 10.5 Å². The molecule has 19 heavy (non-hydrogen) atoms. The minimum Gasteiger partial charge on any atom is -0.478 e. The molecule has 1 aliphatic rings. The molecule has 1 saturated heterocycles. The highest BCUT2D eigenvalue weighted by atomic mass is 16.4. The van der Waals surface area contributed by atoms with E-state index < -0.39 is 5.97 Å². The predicted octanol–water partition coefficient (Wildman–Crippen LogP) is 1.13. The third-order valence-corrected chi connectivity index (χ3v) is 3.12. The van der Waals surface area contributed by atoms with E-state index in [0.717, 1.165) is 18.7 Å². The molecule has 0 spiro atoms. The second-order valence-electron chi connectivity index (χ2n) is 4.50. The Balaban J connectivity index is 2.06. The van der Waals surface area contributed by atoms with E-state index in [4.69, 9.17) is 5.11 Å². The van der Waals surface area contributed by atoms with Gasteiger partial charge in [0.1, 0.15) is 0 Å². The number of carbonyl (C=O) groups is 2. The van der Waals surface area contributed by atoms with Crippen LogP contribution in [-0.4, -0.2) is 48.2 Å². The van der Waals surface area contributed by atoms with Crippen molar-refractivity contribution in [2.45, 2.75) is 6.92 Å². The van der Waals surface area contributed by atoms with Crippen LogP contribution in [0, 0.1) is 6.92 Å². The first-order valence-electron chi connectivity index (χ1n) is 6.18. The number of carboxylic acid groups (broad SMARTS) is 1. The van der Waals surface area contributed by atoms with Gasteiger partial charge in [-0.05, 0) is 30.7 Å². The van der Waals surface area contributed by atoms with Crippen molar-refractivity contribution in [3.63, 3.8) is 0 Å². The molecule has 1 fully saturated rings. The molecule has 1 aliphatic heterocycles. The van der Waals surface area contributed by atoms with Crippen molar-refractivity contribution >= 4 is 17.7 Å². The number of nitrogens with one attached hydrogen (secondary N) is 2. The van der Waals surface area contributed by atoms with Gasteiger partial charge < -0.3 is 20.6 Å². The topological polar surface area (TPSA) is 81.7 Å². The van der Waals surface area contributed by atoms with Crippen molar-refractivity contribution in [1.82, 2.24) is 10.2 Å². The fourth-order valence-corrected chi connectivity index (χ4v) is 2.00. The van der Waals surface area contributed by atoms with Gasteiger partial charge in [0.25, 0.3) is 0 Å². The Kier molecular flexibility index (Phi) is 4.01. The zero-order valence-electron chi connectivity index (χ0n) is 10.8. The molecule has 1 aromatic rings. The molecule has 2 rings (SSSR count). The summed E-state index contributed by atoms with van der Waals surface area (Å²) in [7, 11) is 0. The summed E-state index contributed by atoms with van der Waals surface area (Å²) in [5.41, 5.74) is 1.61. The second-order valence-corrected chi connectivity index (χ2v) is 4.50. The van der Waals surface area contributed by atoms with Gasteiger partial charge in [-0.25, -0.2) is 9.59 Å². The number of rotatable bonds is 2. The largest absolute Gasteiger partial charge is 0.478 e. The molecule has 0 atom stereocenters. The standard InChI is InChI=1S/C13H17N3O3/c1-9-8-10(12(17)18)2-3-11(9)15-13(19)16-6-4-14-5-7-16/h2-3,8,14H,4-7H2,1H3,(H,15,19)(H,17,18). The van der Waals surface area contributed by atoms with E-state index in [2.05, 4.69) is 10.6 Å². The smallest absolute Gasteiger partial charge is 0.335 e. The molecule has 1 aromatic carbocycles. The fourth-order valence-electron chi connectivity index (χ4n) is 2.00. The van der Waals surface area contributed by atoms with Gasteiger partial charge in [-0.2, -0.15) is 0 Å². The number of nitrogens with zero attached hydrogens (tertiary/aromatic N) is 1. The van der Waals surface area contributed by atoms with Crippen LogP contribution in [0.25, 0.3) is 0 Å². The number of benzene rings is 1. The summed E-state index contributed by atoms with van der Waals surface area (Å²) < 4.78 is 0. The number of hydrogen-bond donors (Lipinski definition) is 3. The first-order chi connectivity index (χ1) is 9.08. The van der Waals surface area contributed by atoms with Crippen LogP contribution < -0.4 is 10.6 Å². The number of piperazine rings is 1. The summed E-state index contributed by atoms with van der Waals surface area (Å²) in [5.74, 6) is -0.969. The van der Waals surface area contributed by atoms with Gasteiger partial charge in [-0.15, -0.1) is 0 Å². The number of carboxylic acids is 1. The monoisotopic (exact) mass is 263 g/mol. The van der Waals surface area contributed by atoms with E-state index in [1.807, 2.05) is 0 Å². The lowest BCUT2D eigenvalue weighted by Crippen LogP contribution is -2.48. The SMILES string of the molecule is Cc1cc(C(=O)O)ccc1NC(=O)N1CCNCC1. The molecule has 0 bridgehead atoms. The highest BCUT2D eigenvalue weighted by Crippen LogP contribution is 2.17. The van der Waals surface area contributed by atoms with Crippen LogP contribution in [0.3, 0.4) is 0 Å². The molecule has 0 unspecified atom stereocenters. The van der Waals surface area contributed by atoms with Crippen molar-refractivity contribution in [3.8, 4) is 0 Å². The van der Waals surface area contributed by atoms with Crippen molar-refractivity contribution in [3.05, 3.63) is 29.3 Å². The highest BCUT2D eigenvalue weighted by molar-refractivity contribution is 5.92. The number of aromatic carboxylic acids is 1. The molecule has 3 N–H and O–H groups in total. The van der Waals surface area contributed by atoms with Gasteiger partial charge in [0.15, 0.2) is 0 Å². The Morgan fingerprint density at radius 1 is 1.32 bits per heavy atom. The van der Waals surface area contributed by atoms with E-state index in [1.165, 1.54) is 6.07 Å². The summed E-state index contributed by atoms with van der Waals surface area (Å²) >= 11 is 0. The van der Waals surface area contributed by atoms with Crippen molar-refractivity contribution in [2.24, 2.45) is 0 Å². The Morgan fingerprint density at radius 3 is 2.58 bits per heavy atom. The molecule has 6 heteroatoms. The molecule has 6 nitrogen and oxygen atoms in total. The number of amides is 2. The Labute approximate surface area is 111 Å². The Morgan fingerprint density at radius 2 is 2.00 bits per heavy atom. The van der Waals surface area contributed by atoms with Gasteiger partial charge in [0, 0.05) is 31.9 Å². The van der Waals surface area contributed by atoms with Crippen LogP contribution in [0.1, 0.15) is 15.9 Å². The first-order valence-corrected chi connectivity index (χ1v) is 6.18. The van der Waals surface area contributed by atoms with Crippen molar-refractivity contribution < 1.29 is 14.7 Å². The molecule has 0 aliphatic carbocycles. The summed E-state index contributed by atoms with van der Waals surface area (Å²) in [6.07, 6.45) is 0. The number of urea groups is 1. The maximum absolute atomic E-state index is 12.0. The third-order valence-electron chi connectivity index (χ3n) is 3.12. The predicted molar refractivity (Wildman–Crippen MR) is 71.6 cm³/mol. The summed E-state index contributed by atoms with van der Waals surface area (Å²) in [4.78, 5) is 24.6. The summed E-state index contributed by atoms with van der Waals surface area (Å²) in [6.45, 7) is 4.73. The summed E-state index contributed by atoms with van der Waals surface area (Å²) in [6, 6.07) is 4.52. The Bertz CT molecular complexity index is 496. The number of aryl methyl sites for hydroxylation is 1. The molecule has 0 radical (unpaired) electrons. The average molecular weight is 263 g/mol. The van der Waals surface area contributed by atoms with Crippen LogP contribution in [0.5, 0.6) is 0 Å². The Hall–Kier alpha value is -2.08. The molecule has 0 saturated carbocycles. The number of carbonyl (C=O) groups excluding carboxylic acids is 1. The lowest BCUT2D eigenvalue weighted by Gasteiger charge is -2.27. The molecule has 2 amide bonds. The zero-order valence-corrected chi connectivity index (χ0v) is 10.8. The minimum absolute atomic E-state index is 0.146. The fraction of sp³-hybridized carbons (Fsp3) is 0.385. The summed E-state index contributed by atoms with van der Waals surface area (Å²) in [5, 5.41) is 14.9. The van der Waals surface area contributed by atoms with Gasteiger partial charge in [0.2, 0.25) is 0 Å². The first kappa shape index (κ1) is 13.4. The van der Waals surface area contributed by atoms with Crippen molar-refractivity contribution in [1.29, 1.82) is 0 Å². The van der Waals surface area contributed by atoms with E-state index in [9.17, 15) is 9.59 Å². The maximum Gasteiger partial charge on any atom is 0.335 e. The lowest BCUT2D eigenvalue weighted by atomic mass is 10.1. The van der Waals surface area contributed by atoms with E-state index in [0.29, 0.717) is 18.8 Å². The van der Waals surface area contributed by atoms with Crippen LogP contribution in [0.2, 0.25) is 0 Å². The average Bonchev–Trinajstić information content (AvgIpc) is 2.41. The lowest BCUT2D eigenvalue weighted by molar-refractivity contribution is 0.0697. The quantitative estimate of drug-likeness (QED) is 0.747. The highest BCUT2D eigenvalue weighted by Gasteiger charge is 2.16. The van der Waals surface area contributed by atoms with Crippen LogP contribution in [-0.2, 0) is 0 Å². The van der Waals surface area contributed by atoms with E-state index in [1.54, 1.807) is 24.0 Å². The van der Waals surface area contributed by atoms with Crippen LogP contribution >= 0.6 is 0 Å². The molecule has 0 aromatic heterocycles. The van der Waals surface area contributed by atoms with Gasteiger partial charge in [-0.3, -0.25) is 0 Å². The van der Waals surface area contributed by atoms with Crippen LogP contribution in [0.15, 0.2) is 18.2 Å². The zero-order chi connectivity index (χ0) is 13.8. The maximum atomic E-state index is 12.0. The molecular formula is C13H17N3O3. The molecule has 102 valence electrons. The number of hydrogen-bond acceptors (Lipinski definition) is 3. The third kappa shape index (κ3) is 3.23. The normalized spacial score (nSPS) is 15.1. The van der Waals surface area contributed by atoms with Crippen molar-refractivity contribution in [2.75, 3.05) is 31.5 Å².